The van der Waals surface area contributed by atoms with Crippen molar-refractivity contribution in [3.8, 4) is 11.5 Å². The van der Waals surface area contributed by atoms with E-state index < -0.39 is 37.3 Å². The van der Waals surface area contributed by atoms with E-state index in [-0.39, 0.29) is 11.5 Å². The summed E-state index contributed by atoms with van der Waals surface area (Å²) in [5, 5.41) is 63.6. The lowest BCUT2D eigenvalue weighted by Gasteiger charge is -2.43. The van der Waals surface area contributed by atoms with Gasteiger partial charge in [0.1, 0.15) is 29.8 Å². The Morgan fingerprint density at radius 3 is 1.75 bits per heavy atom. The standard InChI is InChI=1S/C6H11O6.C6H6O2/c7-1-2-3(8)4(9)5(10)6(11)12-2;7-5-1-2-6(8)4-3-5/h2-10H,1H2;1-4,7-8H/q-1;/t2-,3-,4+,5-,6-;/m1./s1. The van der Waals surface area contributed by atoms with Crippen molar-refractivity contribution in [1.29, 1.82) is 0 Å². The van der Waals surface area contributed by atoms with Crippen LogP contribution in [0.5, 0.6) is 11.5 Å². The van der Waals surface area contributed by atoms with Crippen molar-refractivity contribution < 1.29 is 40.5 Å². The quantitative estimate of drug-likeness (QED) is 0.304. The Morgan fingerprint density at radius 2 is 1.35 bits per heavy atom. The average molecular weight is 289 g/mol. The summed E-state index contributed by atoms with van der Waals surface area (Å²) < 4.78 is 4.46. The minimum Gasteiger partial charge on any atom is -0.829 e. The van der Waals surface area contributed by atoms with Crippen LogP contribution in [0.1, 0.15) is 0 Å². The van der Waals surface area contributed by atoms with E-state index >= 15 is 0 Å². The third-order valence-electron chi connectivity index (χ3n) is 2.70. The molecule has 20 heavy (non-hydrogen) atoms. The molecule has 0 aliphatic carbocycles. The number of phenols is 2. The molecule has 0 spiro atoms. The fourth-order valence-electron chi connectivity index (χ4n) is 1.52. The zero-order valence-electron chi connectivity index (χ0n) is 10.4. The van der Waals surface area contributed by atoms with Gasteiger partial charge in [0.2, 0.25) is 0 Å². The normalized spacial score (nSPS) is 33.1. The Morgan fingerprint density at radius 1 is 0.900 bits per heavy atom. The first kappa shape index (κ1) is 16.6. The number of benzene rings is 1. The van der Waals surface area contributed by atoms with Gasteiger partial charge in [0.05, 0.1) is 12.7 Å². The maximum atomic E-state index is 10.7. The van der Waals surface area contributed by atoms with Crippen molar-refractivity contribution in [1.82, 2.24) is 0 Å². The van der Waals surface area contributed by atoms with Crippen molar-refractivity contribution in [3.63, 3.8) is 0 Å². The van der Waals surface area contributed by atoms with Crippen LogP contribution in [0.15, 0.2) is 24.3 Å². The molecule has 0 radical (unpaired) electrons. The number of rotatable bonds is 1. The average Bonchev–Trinajstić information content (AvgIpc) is 2.44. The van der Waals surface area contributed by atoms with Crippen LogP contribution < -0.4 is 5.11 Å². The van der Waals surface area contributed by atoms with Gasteiger partial charge in [-0.2, -0.15) is 0 Å². The predicted molar refractivity (Wildman–Crippen MR) is 63.5 cm³/mol. The van der Waals surface area contributed by atoms with Crippen LogP contribution >= 0.6 is 0 Å². The molecule has 1 heterocycles. The lowest BCUT2D eigenvalue weighted by atomic mass is 10.00. The van der Waals surface area contributed by atoms with Crippen LogP contribution in [0.4, 0.5) is 0 Å². The molecule has 8 nitrogen and oxygen atoms in total. The third-order valence-corrected chi connectivity index (χ3v) is 2.70. The first-order valence-corrected chi connectivity index (χ1v) is 5.81. The van der Waals surface area contributed by atoms with Crippen molar-refractivity contribution in [3.05, 3.63) is 24.3 Å². The fourth-order valence-corrected chi connectivity index (χ4v) is 1.52. The van der Waals surface area contributed by atoms with Gasteiger partial charge in [-0.05, 0) is 24.3 Å². The second-order valence-corrected chi connectivity index (χ2v) is 4.21. The van der Waals surface area contributed by atoms with Gasteiger partial charge in [0.15, 0.2) is 0 Å². The smallest absolute Gasteiger partial charge is 0.115 e. The Balaban J connectivity index is 0.000000217. The minimum atomic E-state index is -1.82. The zero-order valence-corrected chi connectivity index (χ0v) is 10.4. The molecule has 1 saturated heterocycles. The summed E-state index contributed by atoms with van der Waals surface area (Å²) in [6.07, 6.45) is -7.57. The molecular formula is C12H17O8-. The second-order valence-electron chi connectivity index (χ2n) is 4.21. The summed E-state index contributed by atoms with van der Waals surface area (Å²) in [6, 6.07) is 5.70. The number of hydrogen-bond acceptors (Lipinski definition) is 8. The lowest BCUT2D eigenvalue weighted by Crippen LogP contribution is -2.62. The van der Waals surface area contributed by atoms with Crippen molar-refractivity contribution in [2.75, 3.05) is 6.61 Å². The van der Waals surface area contributed by atoms with Gasteiger partial charge in [-0.25, -0.2) is 0 Å². The molecule has 1 aromatic rings. The summed E-state index contributed by atoms with van der Waals surface area (Å²) in [5.74, 6) is 0.339. The molecule has 0 bridgehead atoms. The van der Waals surface area contributed by atoms with Crippen LogP contribution in [-0.2, 0) is 4.74 Å². The van der Waals surface area contributed by atoms with E-state index in [0.29, 0.717) is 0 Å². The number of aromatic hydroxyl groups is 2. The lowest BCUT2D eigenvalue weighted by molar-refractivity contribution is -0.532. The van der Waals surface area contributed by atoms with Crippen molar-refractivity contribution >= 4 is 0 Å². The van der Waals surface area contributed by atoms with Gasteiger partial charge in [-0.1, -0.05) is 0 Å². The Bertz CT molecular complexity index is 369. The zero-order chi connectivity index (χ0) is 15.3. The molecule has 6 N–H and O–H groups in total. The molecule has 0 unspecified atom stereocenters. The maximum Gasteiger partial charge on any atom is 0.115 e. The third kappa shape index (κ3) is 4.30. The number of phenolic OH excluding ortho intramolecular Hbond substituents is 2. The number of aliphatic hydroxyl groups excluding tert-OH is 4. The first-order chi connectivity index (χ1) is 9.36. The SMILES string of the molecule is Oc1ccc(O)cc1.[O-][C@@H]1O[C@H](CO)[C@@H](O)[C@H](O)[C@H]1O. The molecule has 114 valence electrons. The summed E-state index contributed by atoms with van der Waals surface area (Å²) in [6.45, 7) is -0.566. The van der Waals surface area contributed by atoms with Gasteiger partial charge >= 0.3 is 0 Å². The van der Waals surface area contributed by atoms with Gasteiger partial charge in [-0.3, -0.25) is 0 Å². The van der Waals surface area contributed by atoms with E-state index in [1.165, 1.54) is 24.3 Å². The number of hydrogen-bond donors (Lipinski definition) is 6. The minimum absolute atomic E-state index is 0.169. The van der Waals surface area contributed by atoms with Crippen molar-refractivity contribution in [2.45, 2.75) is 30.7 Å². The second kappa shape index (κ2) is 7.39. The summed E-state index contributed by atoms with van der Waals surface area (Å²) in [7, 11) is 0. The predicted octanol–water partition coefficient (Wildman–Crippen LogP) is -2.76. The Labute approximate surface area is 114 Å². The van der Waals surface area contributed by atoms with Gasteiger partial charge in [0, 0.05) is 6.29 Å². The van der Waals surface area contributed by atoms with E-state index in [2.05, 4.69) is 4.74 Å². The van der Waals surface area contributed by atoms with Crippen LogP contribution in [0.2, 0.25) is 0 Å². The largest absolute Gasteiger partial charge is 0.829 e. The molecule has 0 amide bonds. The topological polar surface area (TPSA) is 154 Å². The molecule has 5 atom stereocenters. The molecule has 8 heteroatoms. The number of aliphatic hydroxyl groups is 4. The van der Waals surface area contributed by atoms with Gasteiger partial charge < -0.3 is 40.5 Å². The van der Waals surface area contributed by atoms with E-state index in [1.807, 2.05) is 0 Å². The van der Waals surface area contributed by atoms with Crippen LogP contribution in [0.25, 0.3) is 0 Å². The Hall–Kier alpha value is -1.42. The molecule has 0 saturated carbocycles. The van der Waals surface area contributed by atoms with Gasteiger partial charge in [0.25, 0.3) is 0 Å². The monoisotopic (exact) mass is 289 g/mol. The summed E-state index contributed by atoms with van der Waals surface area (Å²) in [4.78, 5) is 0. The molecule has 0 aromatic heterocycles. The van der Waals surface area contributed by atoms with Crippen LogP contribution in [-0.4, -0.2) is 68.0 Å². The van der Waals surface area contributed by atoms with Crippen molar-refractivity contribution in [2.24, 2.45) is 0 Å². The first-order valence-electron chi connectivity index (χ1n) is 5.81. The summed E-state index contributed by atoms with van der Waals surface area (Å²) in [5.41, 5.74) is 0. The van der Waals surface area contributed by atoms with E-state index in [9.17, 15) is 5.11 Å². The molecule has 1 aliphatic rings. The molecule has 1 aromatic carbocycles. The van der Waals surface area contributed by atoms with E-state index in [1.54, 1.807) is 0 Å². The van der Waals surface area contributed by atoms with E-state index in [0.717, 1.165) is 0 Å². The molecule has 1 fully saturated rings. The van der Waals surface area contributed by atoms with Gasteiger partial charge in [-0.15, -0.1) is 0 Å². The summed E-state index contributed by atoms with van der Waals surface area (Å²) >= 11 is 0. The highest BCUT2D eigenvalue weighted by Gasteiger charge is 2.38. The highest BCUT2D eigenvalue weighted by molar-refractivity contribution is 5.28. The Kier molecular flexibility index (Phi) is 6.14. The highest BCUT2D eigenvalue weighted by atomic mass is 16.6. The van der Waals surface area contributed by atoms with E-state index in [4.69, 9.17) is 30.6 Å². The molecular weight excluding hydrogens is 272 g/mol. The molecule has 2 rings (SSSR count). The highest BCUT2D eigenvalue weighted by Crippen LogP contribution is 2.17. The van der Waals surface area contributed by atoms with Crippen LogP contribution in [0.3, 0.4) is 0 Å². The molecule has 1 aliphatic heterocycles. The maximum absolute atomic E-state index is 10.7. The number of ether oxygens (including phenoxy) is 1. The fraction of sp³-hybridized carbons (Fsp3) is 0.500. The van der Waals surface area contributed by atoms with Crippen LogP contribution in [0, 0.1) is 0 Å².